The molecular formula is C15H23NO5. The second-order valence-corrected chi connectivity index (χ2v) is 5.84. The Hall–Kier alpha value is -1.58. The number of hydrogen-bond donors (Lipinski definition) is 0. The molecule has 6 nitrogen and oxygen atoms in total. The predicted molar refractivity (Wildman–Crippen MR) is 76.4 cm³/mol. The third kappa shape index (κ3) is 7.11. The van der Waals surface area contributed by atoms with Crippen molar-refractivity contribution in [2.45, 2.75) is 38.9 Å². The fourth-order valence-electron chi connectivity index (χ4n) is 1.94. The number of ether oxygens (including phenoxy) is 3. The largest absolute Gasteiger partial charge is 0.458 e. The minimum absolute atomic E-state index is 0.0248. The number of amides is 1. The predicted octanol–water partition coefficient (Wildman–Crippen LogP) is 0.595. The molecular weight excluding hydrogens is 274 g/mol. The molecule has 0 bridgehead atoms. The Morgan fingerprint density at radius 3 is 2.67 bits per heavy atom. The summed E-state index contributed by atoms with van der Waals surface area (Å²) in [5.41, 5.74) is -0.521. The third-order valence-corrected chi connectivity index (χ3v) is 2.77. The maximum atomic E-state index is 11.8. The van der Waals surface area contributed by atoms with Crippen molar-refractivity contribution in [1.29, 1.82) is 0 Å². The lowest BCUT2D eigenvalue weighted by Crippen LogP contribution is -2.34. The van der Waals surface area contributed by atoms with Crippen molar-refractivity contribution >= 4 is 11.9 Å². The summed E-state index contributed by atoms with van der Waals surface area (Å²) in [5, 5.41) is 0. The van der Waals surface area contributed by atoms with Crippen molar-refractivity contribution in [2.24, 2.45) is 0 Å². The van der Waals surface area contributed by atoms with Gasteiger partial charge in [0, 0.05) is 13.1 Å². The summed E-state index contributed by atoms with van der Waals surface area (Å²) >= 11 is 0. The van der Waals surface area contributed by atoms with Crippen LogP contribution >= 0.6 is 0 Å². The van der Waals surface area contributed by atoms with Crippen molar-refractivity contribution in [1.82, 2.24) is 4.90 Å². The van der Waals surface area contributed by atoms with Crippen LogP contribution in [0.15, 0.2) is 0 Å². The molecule has 1 rings (SSSR count). The van der Waals surface area contributed by atoms with Crippen LogP contribution in [-0.4, -0.2) is 61.4 Å². The molecule has 1 aliphatic heterocycles. The molecule has 0 saturated carbocycles. The first-order chi connectivity index (χ1) is 9.81. The van der Waals surface area contributed by atoms with Gasteiger partial charge in [0.2, 0.25) is 5.91 Å². The Balaban J connectivity index is 2.24. The van der Waals surface area contributed by atoms with Crippen LogP contribution in [-0.2, 0) is 23.8 Å². The van der Waals surface area contributed by atoms with Crippen molar-refractivity contribution < 1.29 is 23.8 Å². The van der Waals surface area contributed by atoms with Gasteiger partial charge in [0.1, 0.15) is 25.4 Å². The molecule has 0 radical (unpaired) electrons. The molecule has 0 aromatic heterocycles. The van der Waals surface area contributed by atoms with Crippen molar-refractivity contribution in [3.05, 3.63) is 0 Å². The molecule has 6 heteroatoms. The first-order valence-electron chi connectivity index (χ1n) is 6.94. The van der Waals surface area contributed by atoms with Gasteiger partial charge in [0.05, 0.1) is 6.10 Å². The van der Waals surface area contributed by atoms with Crippen molar-refractivity contribution in [3.63, 3.8) is 0 Å². The average Bonchev–Trinajstić information content (AvgIpc) is 2.83. The molecule has 0 spiro atoms. The first kappa shape index (κ1) is 17.5. The fraction of sp³-hybridized carbons (Fsp3) is 0.733. The van der Waals surface area contributed by atoms with Gasteiger partial charge in [0.15, 0.2) is 0 Å². The van der Waals surface area contributed by atoms with E-state index in [4.69, 9.17) is 20.6 Å². The molecule has 1 amide bonds. The summed E-state index contributed by atoms with van der Waals surface area (Å²) in [4.78, 5) is 25.0. The highest BCUT2D eigenvalue weighted by molar-refractivity contribution is 5.77. The highest BCUT2D eigenvalue weighted by atomic mass is 16.6. The van der Waals surface area contributed by atoms with Crippen LogP contribution < -0.4 is 0 Å². The number of hydrogen-bond acceptors (Lipinski definition) is 5. The number of rotatable bonds is 6. The van der Waals surface area contributed by atoms with Gasteiger partial charge in [-0.2, -0.15) is 0 Å². The minimum Gasteiger partial charge on any atom is -0.458 e. The summed E-state index contributed by atoms with van der Waals surface area (Å²) < 4.78 is 15.6. The molecule has 0 aliphatic carbocycles. The van der Waals surface area contributed by atoms with Crippen molar-refractivity contribution in [2.75, 3.05) is 32.9 Å². The smallest absolute Gasteiger partial charge is 0.332 e. The Bertz CT molecular complexity index is 407. The maximum absolute atomic E-state index is 11.8. The zero-order valence-corrected chi connectivity index (χ0v) is 12.9. The lowest BCUT2D eigenvalue weighted by molar-refractivity contribution is -0.162. The van der Waals surface area contributed by atoms with Crippen LogP contribution in [0.1, 0.15) is 27.2 Å². The molecule has 1 heterocycles. The maximum Gasteiger partial charge on any atom is 0.332 e. The topological polar surface area (TPSA) is 65.1 Å². The summed E-state index contributed by atoms with van der Waals surface area (Å²) in [6.07, 6.45) is 5.59. The van der Waals surface area contributed by atoms with Gasteiger partial charge in [-0.3, -0.25) is 4.79 Å². The van der Waals surface area contributed by atoms with Crippen LogP contribution in [0.3, 0.4) is 0 Å². The second-order valence-electron chi connectivity index (χ2n) is 5.84. The molecule has 0 N–H and O–H groups in total. The van der Waals surface area contributed by atoms with E-state index in [9.17, 15) is 9.59 Å². The van der Waals surface area contributed by atoms with Crippen LogP contribution in [0.4, 0.5) is 0 Å². The van der Waals surface area contributed by atoms with Crippen LogP contribution in [0.25, 0.3) is 0 Å². The SMILES string of the molecule is C#CCOCC(=O)N1CCC(OCC(=O)OC(C)(C)C)C1. The average molecular weight is 297 g/mol. The van der Waals surface area contributed by atoms with Gasteiger partial charge in [0.25, 0.3) is 0 Å². The van der Waals surface area contributed by atoms with Crippen LogP contribution in [0.5, 0.6) is 0 Å². The highest BCUT2D eigenvalue weighted by Crippen LogP contribution is 2.14. The molecule has 118 valence electrons. The van der Waals surface area contributed by atoms with E-state index < -0.39 is 11.6 Å². The Kier molecular flexibility index (Phi) is 6.66. The van der Waals surface area contributed by atoms with E-state index in [1.165, 1.54) is 0 Å². The Morgan fingerprint density at radius 1 is 1.33 bits per heavy atom. The van der Waals surface area contributed by atoms with E-state index in [0.29, 0.717) is 19.5 Å². The van der Waals surface area contributed by atoms with Crippen LogP contribution in [0, 0.1) is 12.3 Å². The van der Waals surface area contributed by atoms with Crippen molar-refractivity contribution in [3.8, 4) is 12.3 Å². The normalized spacial score (nSPS) is 18.4. The van der Waals surface area contributed by atoms with E-state index in [1.54, 1.807) is 25.7 Å². The summed E-state index contributed by atoms with van der Waals surface area (Å²) in [6.45, 7) is 6.46. The monoisotopic (exact) mass is 297 g/mol. The molecule has 1 atom stereocenters. The quantitative estimate of drug-likeness (QED) is 0.408. The van der Waals surface area contributed by atoms with Gasteiger partial charge in [-0.05, 0) is 27.2 Å². The standard InChI is InChI=1S/C15H23NO5/c1-5-8-19-10-13(17)16-7-6-12(9-16)20-11-14(18)21-15(2,3)4/h1,12H,6-11H2,2-4H3. The molecule has 21 heavy (non-hydrogen) atoms. The zero-order chi connectivity index (χ0) is 15.9. The van der Waals surface area contributed by atoms with E-state index >= 15 is 0 Å². The molecule has 1 unspecified atom stereocenters. The van der Waals surface area contributed by atoms with E-state index in [0.717, 1.165) is 0 Å². The zero-order valence-electron chi connectivity index (χ0n) is 12.9. The second kappa shape index (κ2) is 8.01. The number of esters is 1. The molecule has 1 aliphatic rings. The molecule has 1 saturated heterocycles. The minimum atomic E-state index is -0.521. The van der Waals surface area contributed by atoms with E-state index in [1.807, 2.05) is 0 Å². The highest BCUT2D eigenvalue weighted by Gasteiger charge is 2.27. The first-order valence-corrected chi connectivity index (χ1v) is 6.94. The number of terminal acetylenes is 1. The summed E-state index contributed by atoms with van der Waals surface area (Å²) in [6, 6.07) is 0. The van der Waals surface area contributed by atoms with Crippen LogP contribution in [0.2, 0.25) is 0 Å². The fourth-order valence-corrected chi connectivity index (χ4v) is 1.94. The Morgan fingerprint density at radius 2 is 2.05 bits per heavy atom. The number of nitrogens with zero attached hydrogens (tertiary/aromatic N) is 1. The van der Waals surface area contributed by atoms with Gasteiger partial charge in [-0.1, -0.05) is 5.92 Å². The summed E-state index contributed by atoms with van der Waals surface area (Å²) in [7, 11) is 0. The third-order valence-electron chi connectivity index (χ3n) is 2.77. The molecule has 0 aromatic rings. The lowest BCUT2D eigenvalue weighted by Gasteiger charge is -2.20. The van der Waals surface area contributed by atoms with Gasteiger partial charge in [-0.25, -0.2) is 4.79 Å². The Labute approximate surface area is 125 Å². The van der Waals surface area contributed by atoms with E-state index in [2.05, 4.69) is 5.92 Å². The number of likely N-dealkylation sites (tertiary alicyclic amines) is 1. The lowest BCUT2D eigenvalue weighted by atomic mass is 10.2. The number of carbonyl (C=O) groups is 2. The molecule has 0 aromatic carbocycles. The van der Waals surface area contributed by atoms with E-state index in [-0.39, 0.29) is 31.8 Å². The van der Waals surface area contributed by atoms with Gasteiger partial charge >= 0.3 is 5.97 Å². The van der Waals surface area contributed by atoms with Gasteiger partial charge in [-0.15, -0.1) is 6.42 Å². The number of carbonyl (C=O) groups excluding carboxylic acids is 2. The molecule has 1 fully saturated rings. The summed E-state index contributed by atoms with van der Waals surface area (Å²) in [5.74, 6) is 1.79. The van der Waals surface area contributed by atoms with Gasteiger partial charge < -0.3 is 19.1 Å².